The fourth-order valence-electron chi connectivity index (χ4n) is 3.25. The zero-order valence-corrected chi connectivity index (χ0v) is 6.93. The van der Waals surface area contributed by atoms with E-state index in [0.29, 0.717) is 24.8 Å². The maximum Gasteiger partial charge on any atom is 0.384 e. The predicted octanol–water partition coefficient (Wildman–Crippen LogP) is 0.652. The van der Waals surface area contributed by atoms with Crippen molar-refractivity contribution in [3.05, 3.63) is 0 Å². The summed E-state index contributed by atoms with van der Waals surface area (Å²) >= 11 is 0. The molecule has 0 saturated heterocycles. The van der Waals surface area contributed by atoms with Gasteiger partial charge >= 0.3 is 6.08 Å². The molecule has 1 heterocycles. The Balaban J connectivity index is 1.61. The topological polar surface area (TPSA) is 30.8 Å². The molecular weight excluding hydrogens is 154 g/mol. The van der Waals surface area contributed by atoms with Crippen LogP contribution < -0.4 is 0 Å². The largest absolute Gasteiger partial charge is 0.451 e. The van der Waals surface area contributed by atoms with Crippen molar-refractivity contribution in [3.8, 4) is 0 Å². The summed E-state index contributed by atoms with van der Waals surface area (Å²) < 4.78 is 10.9. The van der Waals surface area contributed by atoms with E-state index in [1.165, 1.54) is 0 Å². The van der Waals surface area contributed by atoms with Gasteiger partial charge in [-0.05, 0) is 24.7 Å². The average molecular weight is 165 g/mol. The second-order valence-electron chi connectivity index (χ2n) is 4.21. The number of ether oxygens (including phenoxy) is 2. The molecular formula is C9H11NO2. The summed E-state index contributed by atoms with van der Waals surface area (Å²) in [5, 5.41) is 0. The Morgan fingerprint density at radius 3 is 2.83 bits per heavy atom. The molecule has 0 N–H and O–H groups in total. The molecule has 0 aromatic carbocycles. The Kier molecular flexibility index (Phi) is 0.729. The Morgan fingerprint density at radius 2 is 2.17 bits per heavy atom. The quantitative estimate of drug-likeness (QED) is 0.571. The third-order valence-electron chi connectivity index (χ3n) is 3.81. The van der Waals surface area contributed by atoms with E-state index in [2.05, 4.69) is 4.99 Å². The first-order chi connectivity index (χ1) is 5.92. The van der Waals surface area contributed by atoms with Crippen LogP contribution >= 0.6 is 0 Å². The molecule has 0 radical (unpaired) electrons. The third-order valence-corrected chi connectivity index (χ3v) is 3.81. The Bertz CT molecular complexity index is 278. The molecule has 64 valence electrons. The normalized spacial score (nSPS) is 61.6. The smallest absolute Gasteiger partial charge is 0.384 e. The molecule has 0 aromatic rings. The number of hydrogen-bond acceptors (Lipinski definition) is 3. The molecule has 5 aliphatic rings. The van der Waals surface area contributed by atoms with Crippen LogP contribution in [0.4, 0.5) is 0 Å². The molecule has 12 heavy (non-hydrogen) atoms. The van der Waals surface area contributed by atoms with E-state index >= 15 is 0 Å². The Labute approximate surface area is 70.8 Å². The summed E-state index contributed by atoms with van der Waals surface area (Å²) in [4.78, 5) is 4.46. The van der Waals surface area contributed by atoms with Crippen LogP contribution in [0.2, 0.25) is 0 Å². The first-order valence-corrected chi connectivity index (χ1v) is 4.79. The zero-order chi connectivity index (χ0) is 7.87. The zero-order valence-electron chi connectivity index (χ0n) is 6.93. The van der Waals surface area contributed by atoms with E-state index in [0.717, 1.165) is 23.7 Å². The molecule has 2 bridgehead atoms. The van der Waals surface area contributed by atoms with Gasteiger partial charge < -0.3 is 9.47 Å². The minimum Gasteiger partial charge on any atom is -0.451 e. The molecule has 4 atom stereocenters. The maximum absolute atomic E-state index is 5.63. The van der Waals surface area contributed by atoms with E-state index in [4.69, 9.17) is 9.47 Å². The van der Waals surface area contributed by atoms with Gasteiger partial charge in [0.2, 0.25) is 0 Å². The van der Waals surface area contributed by atoms with E-state index in [9.17, 15) is 0 Å². The fraction of sp³-hybridized carbons (Fsp3) is 0.889. The summed E-state index contributed by atoms with van der Waals surface area (Å²) in [7, 11) is 0. The SMILES string of the molecule is CCOC1=NC2C(O1)C1C3C2C13. The van der Waals surface area contributed by atoms with E-state index in [1.54, 1.807) is 0 Å². The lowest BCUT2D eigenvalue weighted by Gasteiger charge is -2.08. The molecule has 4 fully saturated rings. The molecule has 4 saturated carbocycles. The highest BCUT2D eigenvalue weighted by Crippen LogP contribution is 2.83. The first kappa shape index (κ1) is 5.84. The van der Waals surface area contributed by atoms with Gasteiger partial charge in [-0.1, -0.05) is 0 Å². The number of nitrogens with zero attached hydrogens (tertiary/aromatic N) is 1. The van der Waals surface area contributed by atoms with Gasteiger partial charge in [0.1, 0.15) is 6.10 Å². The van der Waals surface area contributed by atoms with Gasteiger partial charge in [0, 0.05) is 5.92 Å². The summed E-state index contributed by atoms with van der Waals surface area (Å²) in [6.07, 6.45) is 0.966. The first-order valence-electron chi connectivity index (χ1n) is 4.79. The second kappa shape index (κ2) is 1.50. The van der Waals surface area contributed by atoms with Crippen molar-refractivity contribution in [1.29, 1.82) is 0 Å². The van der Waals surface area contributed by atoms with Crippen LogP contribution in [0.5, 0.6) is 0 Å². The summed E-state index contributed by atoms with van der Waals surface area (Å²) in [6.45, 7) is 2.63. The van der Waals surface area contributed by atoms with Gasteiger partial charge in [0.05, 0.1) is 12.6 Å². The highest BCUT2D eigenvalue weighted by atomic mass is 16.7. The van der Waals surface area contributed by atoms with Crippen LogP contribution in [0.25, 0.3) is 0 Å². The standard InChI is InChI=1S/C9H11NO2/c1-2-11-9-10-7-5-3-4(5)6(3)8(7)12-9/h3-8H,2H2,1H3. The van der Waals surface area contributed by atoms with Crippen molar-refractivity contribution < 1.29 is 9.47 Å². The molecule has 3 heteroatoms. The van der Waals surface area contributed by atoms with Crippen LogP contribution in [0, 0.1) is 23.7 Å². The van der Waals surface area contributed by atoms with Crippen molar-refractivity contribution >= 4 is 6.08 Å². The third kappa shape index (κ3) is 0.433. The van der Waals surface area contributed by atoms with Gasteiger partial charge in [0.25, 0.3) is 0 Å². The minimum absolute atomic E-state index is 0.409. The van der Waals surface area contributed by atoms with Crippen LogP contribution in [-0.2, 0) is 9.47 Å². The summed E-state index contributed by atoms with van der Waals surface area (Å²) in [5.74, 6) is 3.76. The van der Waals surface area contributed by atoms with Gasteiger partial charge in [-0.2, -0.15) is 0 Å². The van der Waals surface area contributed by atoms with Crippen LogP contribution in [-0.4, -0.2) is 24.8 Å². The number of rotatable bonds is 1. The van der Waals surface area contributed by atoms with Crippen molar-refractivity contribution in [2.45, 2.75) is 19.1 Å². The maximum atomic E-state index is 5.63. The lowest BCUT2D eigenvalue weighted by Crippen LogP contribution is -2.17. The van der Waals surface area contributed by atoms with Crippen molar-refractivity contribution in [2.24, 2.45) is 28.7 Å². The van der Waals surface area contributed by atoms with E-state index in [-0.39, 0.29) is 0 Å². The van der Waals surface area contributed by atoms with Crippen LogP contribution in [0.1, 0.15) is 6.92 Å². The second-order valence-corrected chi connectivity index (χ2v) is 4.21. The molecule has 1 aliphatic heterocycles. The number of aliphatic imine (C=N–C) groups is 1. The van der Waals surface area contributed by atoms with E-state index < -0.39 is 0 Å². The molecule has 0 amide bonds. The van der Waals surface area contributed by atoms with Crippen LogP contribution in [0.15, 0.2) is 4.99 Å². The van der Waals surface area contributed by atoms with Crippen LogP contribution in [0.3, 0.4) is 0 Å². The molecule has 4 unspecified atom stereocenters. The summed E-state index contributed by atoms with van der Waals surface area (Å²) in [5.41, 5.74) is 0. The fourth-order valence-corrected chi connectivity index (χ4v) is 3.25. The molecule has 4 aliphatic carbocycles. The van der Waals surface area contributed by atoms with Gasteiger partial charge in [-0.3, -0.25) is 0 Å². The Morgan fingerprint density at radius 1 is 1.33 bits per heavy atom. The van der Waals surface area contributed by atoms with Gasteiger partial charge in [0.15, 0.2) is 0 Å². The van der Waals surface area contributed by atoms with Crippen molar-refractivity contribution in [3.63, 3.8) is 0 Å². The monoisotopic (exact) mass is 165 g/mol. The highest BCUT2D eigenvalue weighted by molar-refractivity contribution is 5.71. The lowest BCUT2D eigenvalue weighted by atomic mass is 10.2. The molecule has 5 rings (SSSR count). The highest BCUT2D eigenvalue weighted by Gasteiger charge is 2.86. The molecule has 3 nitrogen and oxygen atoms in total. The van der Waals surface area contributed by atoms with Gasteiger partial charge in [-0.25, -0.2) is 4.99 Å². The average Bonchev–Trinajstić information content (AvgIpc) is 2.78. The minimum atomic E-state index is 0.409. The summed E-state index contributed by atoms with van der Waals surface area (Å²) in [6, 6.07) is 0.478. The van der Waals surface area contributed by atoms with E-state index in [1.807, 2.05) is 6.92 Å². The number of hydrogen-bond donors (Lipinski definition) is 0. The van der Waals surface area contributed by atoms with Crippen molar-refractivity contribution in [2.75, 3.05) is 6.61 Å². The lowest BCUT2D eigenvalue weighted by molar-refractivity contribution is 0.128. The molecule has 0 spiro atoms. The van der Waals surface area contributed by atoms with Crippen molar-refractivity contribution in [1.82, 2.24) is 0 Å². The van der Waals surface area contributed by atoms with Gasteiger partial charge in [-0.15, -0.1) is 0 Å². The Hall–Kier alpha value is -0.730. The molecule has 0 aromatic heterocycles. The predicted molar refractivity (Wildman–Crippen MR) is 41.7 cm³/mol.